The maximum absolute atomic E-state index is 12.5. The lowest BCUT2D eigenvalue weighted by Gasteiger charge is -2.13. The average Bonchev–Trinajstić information content (AvgIpc) is 2.72. The van der Waals surface area contributed by atoms with E-state index in [1.165, 1.54) is 6.42 Å². The molecule has 6 nitrogen and oxygen atoms in total. The van der Waals surface area contributed by atoms with Gasteiger partial charge >= 0.3 is 0 Å². The van der Waals surface area contributed by atoms with Crippen LogP contribution in [0.3, 0.4) is 0 Å². The molecule has 0 atom stereocenters. The Morgan fingerprint density at radius 2 is 1.76 bits per heavy atom. The summed E-state index contributed by atoms with van der Waals surface area (Å²) in [6.45, 7) is 4.61. The molecule has 0 aliphatic rings. The molecule has 0 aromatic heterocycles. The molecule has 0 saturated heterocycles. The van der Waals surface area contributed by atoms with Crippen LogP contribution >= 0.6 is 12.2 Å². The van der Waals surface area contributed by atoms with Gasteiger partial charge in [0.05, 0.1) is 12.2 Å². The Bertz CT molecular complexity index is 855. The van der Waals surface area contributed by atoms with Crippen molar-refractivity contribution in [3.05, 3.63) is 65.2 Å². The highest BCUT2D eigenvalue weighted by atomic mass is 32.1. The monoisotopic (exact) mass is 413 g/mol. The molecule has 0 saturated carbocycles. The average molecular weight is 414 g/mol. The van der Waals surface area contributed by atoms with Crippen molar-refractivity contribution in [3.63, 3.8) is 0 Å². The van der Waals surface area contributed by atoms with E-state index in [2.05, 4.69) is 23.1 Å². The number of thiocarbonyl (C=S) groups is 1. The number of unbranched alkanes of at least 4 members (excludes halogenated alkanes) is 3. The third-order valence-electron chi connectivity index (χ3n) is 4.18. The minimum atomic E-state index is -0.406. The van der Waals surface area contributed by atoms with E-state index in [1.54, 1.807) is 36.4 Å². The van der Waals surface area contributed by atoms with Crippen LogP contribution in [0, 0.1) is 6.92 Å². The highest BCUT2D eigenvalue weighted by Crippen LogP contribution is 2.18. The van der Waals surface area contributed by atoms with Crippen LogP contribution in [0.5, 0.6) is 5.75 Å². The Morgan fingerprint density at radius 1 is 0.966 bits per heavy atom. The first kappa shape index (κ1) is 22.4. The third-order valence-corrected chi connectivity index (χ3v) is 4.39. The number of para-hydroxylation sites is 1. The fourth-order valence-corrected chi connectivity index (χ4v) is 2.81. The van der Waals surface area contributed by atoms with Crippen molar-refractivity contribution in [2.75, 3.05) is 6.61 Å². The summed E-state index contributed by atoms with van der Waals surface area (Å²) in [4.78, 5) is 24.7. The summed E-state index contributed by atoms with van der Waals surface area (Å²) in [6, 6.07) is 14.1. The Kier molecular flexibility index (Phi) is 9.11. The number of hydrogen-bond acceptors (Lipinski definition) is 4. The molecular weight excluding hydrogens is 386 g/mol. The fourth-order valence-electron chi connectivity index (χ4n) is 2.66. The maximum Gasteiger partial charge on any atom is 0.269 e. The molecule has 0 spiro atoms. The van der Waals surface area contributed by atoms with Crippen molar-refractivity contribution < 1.29 is 14.3 Å². The van der Waals surface area contributed by atoms with Gasteiger partial charge in [-0.1, -0.05) is 56.0 Å². The van der Waals surface area contributed by atoms with Crippen molar-refractivity contribution in [1.29, 1.82) is 0 Å². The van der Waals surface area contributed by atoms with E-state index in [-0.39, 0.29) is 11.0 Å². The quantitative estimate of drug-likeness (QED) is 0.347. The Hall–Kier alpha value is -2.93. The van der Waals surface area contributed by atoms with E-state index in [0.29, 0.717) is 23.5 Å². The molecule has 0 aliphatic heterocycles. The summed E-state index contributed by atoms with van der Waals surface area (Å²) in [7, 11) is 0. The summed E-state index contributed by atoms with van der Waals surface area (Å²) >= 11 is 5.10. The number of carbonyl (C=O) groups is 2. The van der Waals surface area contributed by atoms with Gasteiger partial charge < -0.3 is 4.74 Å². The standard InChI is InChI=1S/C22H27N3O3S/c1-3-4-5-8-14-28-19-13-7-6-12-18(19)21(27)23-22(29)25-24-20(26)17-11-9-10-16(2)15-17/h6-7,9-13,15H,3-5,8,14H2,1-2H3,(H,24,26)(H2,23,25,27,29). The second-order valence-corrected chi connectivity index (χ2v) is 7.05. The molecule has 0 aliphatic carbocycles. The molecule has 0 fully saturated rings. The van der Waals surface area contributed by atoms with Crippen LogP contribution in [0.1, 0.15) is 58.9 Å². The SMILES string of the molecule is CCCCCCOc1ccccc1C(=O)NC(=S)NNC(=O)c1cccc(C)c1. The van der Waals surface area contributed by atoms with Crippen molar-refractivity contribution in [2.45, 2.75) is 39.5 Å². The van der Waals surface area contributed by atoms with Gasteiger partial charge in [-0.25, -0.2) is 0 Å². The lowest BCUT2D eigenvalue weighted by molar-refractivity contribution is 0.0933. The van der Waals surface area contributed by atoms with Crippen molar-refractivity contribution in [3.8, 4) is 5.75 Å². The van der Waals surface area contributed by atoms with Crippen LogP contribution in [0.25, 0.3) is 0 Å². The molecule has 154 valence electrons. The van der Waals surface area contributed by atoms with E-state index >= 15 is 0 Å². The second kappa shape index (κ2) is 11.8. The molecule has 2 amide bonds. The number of aryl methyl sites for hydroxylation is 1. The fraction of sp³-hybridized carbons (Fsp3) is 0.318. The summed E-state index contributed by atoms with van der Waals surface area (Å²) in [5, 5.41) is 2.55. The van der Waals surface area contributed by atoms with Crippen LogP contribution in [-0.2, 0) is 0 Å². The van der Waals surface area contributed by atoms with Crippen LogP contribution in [0.2, 0.25) is 0 Å². The van der Waals surface area contributed by atoms with Crippen molar-refractivity contribution >= 4 is 29.1 Å². The van der Waals surface area contributed by atoms with Gasteiger partial charge in [0.15, 0.2) is 5.11 Å². The van der Waals surface area contributed by atoms with E-state index in [1.807, 2.05) is 19.1 Å². The van der Waals surface area contributed by atoms with Crippen LogP contribution < -0.4 is 20.9 Å². The van der Waals surface area contributed by atoms with Gasteiger partial charge in [0.1, 0.15) is 5.75 Å². The van der Waals surface area contributed by atoms with Crippen LogP contribution in [0.4, 0.5) is 0 Å². The Morgan fingerprint density at radius 3 is 2.52 bits per heavy atom. The molecule has 0 unspecified atom stereocenters. The van der Waals surface area contributed by atoms with Crippen molar-refractivity contribution in [1.82, 2.24) is 16.2 Å². The molecule has 2 aromatic rings. The summed E-state index contributed by atoms with van der Waals surface area (Å²) in [6.07, 6.45) is 4.36. The molecule has 3 N–H and O–H groups in total. The first-order chi connectivity index (χ1) is 14.0. The summed E-state index contributed by atoms with van der Waals surface area (Å²) < 4.78 is 5.76. The lowest BCUT2D eigenvalue weighted by atomic mass is 10.1. The molecule has 0 radical (unpaired) electrons. The number of hydrogen-bond donors (Lipinski definition) is 3. The number of rotatable bonds is 8. The largest absolute Gasteiger partial charge is 0.493 e. The molecule has 29 heavy (non-hydrogen) atoms. The van der Waals surface area contributed by atoms with E-state index in [0.717, 1.165) is 24.8 Å². The molecule has 7 heteroatoms. The van der Waals surface area contributed by atoms with Gasteiger partial charge in [-0.15, -0.1) is 0 Å². The number of benzene rings is 2. The minimum absolute atomic E-state index is 0.00579. The van der Waals surface area contributed by atoms with Crippen molar-refractivity contribution in [2.24, 2.45) is 0 Å². The Labute approximate surface area is 177 Å². The smallest absolute Gasteiger partial charge is 0.269 e. The zero-order chi connectivity index (χ0) is 21.1. The number of ether oxygens (including phenoxy) is 1. The van der Waals surface area contributed by atoms with E-state index in [4.69, 9.17) is 17.0 Å². The van der Waals surface area contributed by atoms with Gasteiger partial charge in [-0.2, -0.15) is 0 Å². The molecule has 2 rings (SSSR count). The predicted molar refractivity (Wildman–Crippen MR) is 118 cm³/mol. The molecule has 0 bridgehead atoms. The highest BCUT2D eigenvalue weighted by molar-refractivity contribution is 7.80. The minimum Gasteiger partial charge on any atom is -0.493 e. The third kappa shape index (κ3) is 7.54. The second-order valence-electron chi connectivity index (χ2n) is 6.64. The van der Waals surface area contributed by atoms with Crippen LogP contribution in [-0.4, -0.2) is 23.5 Å². The Balaban J connectivity index is 1.86. The topological polar surface area (TPSA) is 79.5 Å². The number of nitrogens with one attached hydrogen (secondary N) is 3. The number of amides is 2. The van der Waals surface area contributed by atoms with Gasteiger partial charge in [0.2, 0.25) is 0 Å². The normalized spacial score (nSPS) is 10.1. The predicted octanol–water partition coefficient (Wildman–Crippen LogP) is 3.90. The number of hydrazine groups is 1. The highest BCUT2D eigenvalue weighted by Gasteiger charge is 2.14. The molecule has 0 heterocycles. The first-order valence-electron chi connectivity index (χ1n) is 9.71. The molecule has 2 aromatic carbocycles. The van der Waals surface area contributed by atoms with Gasteiger partial charge in [0, 0.05) is 5.56 Å². The number of carbonyl (C=O) groups excluding carboxylic acids is 2. The zero-order valence-electron chi connectivity index (χ0n) is 16.8. The van der Waals surface area contributed by atoms with Gasteiger partial charge in [-0.3, -0.25) is 25.8 Å². The summed E-state index contributed by atoms with van der Waals surface area (Å²) in [5.41, 5.74) is 6.87. The lowest BCUT2D eigenvalue weighted by Crippen LogP contribution is -2.48. The molecular formula is C22H27N3O3S. The van der Waals surface area contributed by atoms with Crippen LogP contribution in [0.15, 0.2) is 48.5 Å². The zero-order valence-corrected chi connectivity index (χ0v) is 17.6. The van der Waals surface area contributed by atoms with E-state index < -0.39 is 5.91 Å². The van der Waals surface area contributed by atoms with Gasteiger partial charge in [0.25, 0.3) is 11.8 Å². The first-order valence-corrected chi connectivity index (χ1v) is 10.1. The summed E-state index contributed by atoms with van der Waals surface area (Å²) in [5.74, 6) is -0.245. The van der Waals surface area contributed by atoms with E-state index in [9.17, 15) is 9.59 Å². The van der Waals surface area contributed by atoms with Gasteiger partial charge in [-0.05, 0) is 49.8 Å². The maximum atomic E-state index is 12.5.